The molecule has 0 atom stereocenters. The van der Waals surface area contributed by atoms with Gasteiger partial charge in [-0.3, -0.25) is 15.0 Å². The van der Waals surface area contributed by atoms with E-state index in [9.17, 15) is 20.0 Å². The van der Waals surface area contributed by atoms with E-state index in [4.69, 9.17) is 0 Å². The summed E-state index contributed by atoms with van der Waals surface area (Å²) in [6.07, 6.45) is 1.13. The van der Waals surface area contributed by atoms with Crippen LogP contribution < -0.4 is 4.90 Å². The van der Waals surface area contributed by atoms with Gasteiger partial charge in [-0.05, 0) is 29.7 Å². The molecular formula is C17H16N2O4. The fourth-order valence-corrected chi connectivity index (χ4v) is 2.28. The molecule has 0 aliphatic heterocycles. The van der Waals surface area contributed by atoms with Gasteiger partial charge in [-0.1, -0.05) is 42.5 Å². The number of amides is 1. The van der Waals surface area contributed by atoms with Crippen molar-refractivity contribution in [2.24, 2.45) is 0 Å². The van der Waals surface area contributed by atoms with E-state index in [2.05, 4.69) is 0 Å². The second-order valence-electron chi connectivity index (χ2n) is 4.95. The zero-order chi connectivity index (χ0) is 16.8. The molecule has 0 spiro atoms. The highest BCUT2D eigenvalue weighted by molar-refractivity contribution is 5.88. The lowest BCUT2D eigenvalue weighted by atomic mass is 10.1. The van der Waals surface area contributed by atoms with Crippen LogP contribution in [-0.4, -0.2) is 16.1 Å². The van der Waals surface area contributed by atoms with Crippen LogP contribution in [0.1, 0.15) is 16.7 Å². The van der Waals surface area contributed by atoms with E-state index >= 15 is 0 Å². The fraction of sp³-hybridized carbons (Fsp3) is 0.118. The average molecular weight is 312 g/mol. The second kappa shape index (κ2) is 7.22. The molecule has 6 nitrogen and oxygen atoms in total. The Morgan fingerprint density at radius 3 is 2.52 bits per heavy atom. The van der Waals surface area contributed by atoms with Crippen molar-refractivity contribution in [1.82, 2.24) is 0 Å². The van der Waals surface area contributed by atoms with Gasteiger partial charge in [-0.2, -0.15) is 0 Å². The first kappa shape index (κ1) is 16.2. The molecule has 0 saturated heterocycles. The molecule has 1 N–H and O–H groups in total. The van der Waals surface area contributed by atoms with Gasteiger partial charge in [0.15, 0.2) is 0 Å². The van der Waals surface area contributed by atoms with Crippen molar-refractivity contribution >= 4 is 17.9 Å². The van der Waals surface area contributed by atoms with Crippen molar-refractivity contribution in [3.8, 4) is 0 Å². The minimum atomic E-state index is -1.08. The van der Waals surface area contributed by atoms with Crippen LogP contribution in [0.15, 0.2) is 54.7 Å². The quantitative estimate of drug-likeness (QED) is 0.669. The Kier molecular flexibility index (Phi) is 5.09. The lowest BCUT2D eigenvalue weighted by Gasteiger charge is -2.22. The van der Waals surface area contributed by atoms with E-state index in [1.165, 1.54) is 11.0 Å². The lowest BCUT2D eigenvalue weighted by Crippen LogP contribution is -2.29. The summed E-state index contributed by atoms with van der Waals surface area (Å²) in [5.41, 5.74) is 2.65. The first-order valence-electron chi connectivity index (χ1n) is 6.94. The van der Waals surface area contributed by atoms with Crippen LogP contribution in [0.2, 0.25) is 0 Å². The summed E-state index contributed by atoms with van der Waals surface area (Å²) in [4.78, 5) is 22.8. The summed E-state index contributed by atoms with van der Waals surface area (Å²) in [5.74, 6) is 0. The van der Waals surface area contributed by atoms with Gasteiger partial charge in [-0.15, -0.1) is 0 Å². The molecule has 0 aromatic heterocycles. The number of rotatable bonds is 5. The Hall–Kier alpha value is -3.15. The Balaban J connectivity index is 2.38. The topological polar surface area (TPSA) is 83.7 Å². The van der Waals surface area contributed by atoms with E-state index in [0.717, 1.165) is 11.8 Å². The van der Waals surface area contributed by atoms with E-state index < -0.39 is 11.0 Å². The van der Waals surface area contributed by atoms with Crippen molar-refractivity contribution in [3.63, 3.8) is 0 Å². The molecule has 0 radical (unpaired) electrons. The van der Waals surface area contributed by atoms with Gasteiger partial charge >= 0.3 is 6.09 Å². The van der Waals surface area contributed by atoms with E-state index in [0.29, 0.717) is 16.8 Å². The van der Waals surface area contributed by atoms with Gasteiger partial charge in [-0.25, -0.2) is 4.79 Å². The van der Waals surface area contributed by atoms with E-state index in [1.807, 2.05) is 30.3 Å². The van der Waals surface area contributed by atoms with Crippen LogP contribution in [0.25, 0.3) is 6.08 Å². The highest BCUT2D eigenvalue weighted by Gasteiger charge is 2.18. The first-order valence-corrected chi connectivity index (χ1v) is 6.94. The van der Waals surface area contributed by atoms with Crippen LogP contribution in [0.4, 0.5) is 10.5 Å². The SMILES string of the molecule is Cc1c(/C=C/[N+](=O)[O-])cccc1N(Cc1ccccc1)C(=O)O. The molecule has 2 aromatic rings. The Morgan fingerprint density at radius 1 is 1.22 bits per heavy atom. The van der Waals surface area contributed by atoms with E-state index in [-0.39, 0.29) is 6.54 Å². The minimum Gasteiger partial charge on any atom is -0.465 e. The van der Waals surface area contributed by atoms with Crippen LogP contribution >= 0.6 is 0 Å². The molecular weight excluding hydrogens is 296 g/mol. The molecule has 0 saturated carbocycles. The lowest BCUT2D eigenvalue weighted by molar-refractivity contribution is -0.400. The number of carbonyl (C=O) groups is 1. The molecule has 0 fully saturated rings. The van der Waals surface area contributed by atoms with E-state index in [1.54, 1.807) is 25.1 Å². The summed E-state index contributed by atoms with van der Waals surface area (Å²) in [7, 11) is 0. The summed E-state index contributed by atoms with van der Waals surface area (Å²) < 4.78 is 0. The van der Waals surface area contributed by atoms with Gasteiger partial charge in [0.25, 0.3) is 0 Å². The molecule has 23 heavy (non-hydrogen) atoms. The van der Waals surface area contributed by atoms with Gasteiger partial charge in [0.1, 0.15) is 0 Å². The van der Waals surface area contributed by atoms with Gasteiger partial charge in [0, 0.05) is 6.08 Å². The third-order valence-electron chi connectivity index (χ3n) is 3.43. The molecule has 2 rings (SSSR count). The van der Waals surface area contributed by atoms with Gasteiger partial charge in [0.05, 0.1) is 17.2 Å². The Bertz CT molecular complexity index is 742. The highest BCUT2D eigenvalue weighted by atomic mass is 16.6. The zero-order valence-electron chi connectivity index (χ0n) is 12.5. The number of nitrogens with zero attached hydrogens (tertiary/aromatic N) is 2. The normalized spacial score (nSPS) is 10.7. The average Bonchev–Trinajstić information content (AvgIpc) is 2.52. The van der Waals surface area contributed by atoms with Crippen molar-refractivity contribution < 1.29 is 14.8 Å². The van der Waals surface area contributed by atoms with Crippen LogP contribution in [0.5, 0.6) is 0 Å². The third-order valence-corrected chi connectivity index (χ3v) is 3.43. The molecule has 0 aliphatic rings. The van der Waals surface area contributed by atoms with Crippen molar-refractivity contribution in [2.45, 2.75) is 13.5 Å². The fourth-order valence-electron chi connectivity index (χ4n) is 2.28. The summed E-state index contributed by atoms with van der Waals surface area (Å²) in [5, 5.41) is 20.0. The zero-order valence-corrected chi connectivity index (χ0v) is 12.5. The maximum atomic E-state index is 11.6. The summed E-state index contributed by atoms with van der Waals surface area (Å²) in [6, 6.07) is 14.3. The molecule has 0 bridgehead atoms. The van der Waals surface area contributed by atoms with Gasteiger partial charge in [0.2, 0.25) is 6.20 Å². The van der Waals surface area contributed by atoms with Crippen molar-refractivity contribution in [2.75, 3.05) is 4.90 Å². The molecule has 1 amide bonds. The number of hydrogen-bond donors (Lipinski definition) is 1. The largest absolute Gasteiger partial charge is 0.465 e. The number of benzene rings is 2. The maximum Gasteiger partial charge on any atom is 0.412 e. The first-order chi connectivity index (χ1) is 11.0. The van der Waals surface area contributed by atoms with Crippen LogP contribution in [-0.2, 0) is 6.54 Å². The predicted molar refractivity (Wildman–Crippen MR) is 87.9 cm³/mol. The molecule has 0 unspecified atom stereocenters. The number of carboxylic acid groups (broad SMARTS) is 1. The Labute approximate surface area is 133 Å². The standard InChI is InChI=1S/C17H16N2O4/c1-13-15(10-11-19(22)23)8-5-9-16(13)18(17(20)21)12-14-6-3-2-4-7-14/h2-11H,12H2,1H3,(H,20,21)/b11-10+. The van der Waals surface area contributed by atoms with Crippen molar-refractivity contribution in [3.05, 3.63) is 81.5 Å². The second-order valence-corrected chi connectivity index (χ2v) is 4.95. The monoisotopic (exact) mass is 312 g/mol. The maximum absolute atomic E-state index is 11.6. The third kappa shape index (κ3) is 4.16. The molecule has 0 heterocycles. The number of nitro groups is 1. The predicted octanol–water partition coefficient (Wildman–Crippen LogP) is 3.93. The number of hydrogen-bond acceptors (Lipinski definition) is 3. The molecule has 6 heteroatoms. The van der Waals surface area contributed by atoms with Crippen molar-refractivity contribution in [1.29, 1.82) is 0 Å². The smallest absolute Gasteiger partial charge is 0.412 e. The van der Waals surface area contributed by atoms with Crippen LogP contribution in [0, 0.1) is 17.0 Å². The number of anilines is 1. The summed E-state index contributed by atoms with van der Waals surface area (Å²) >= 11 is 0. The van der Waals surface area contributed by atoms with Crippen LogP contribution in [0.3, 0.4) is 0 Å². The minimum absolute atomic E-state index is 0.208. The highest BCUT2D eigenvalue weighted by Crippen LogP contribution is 2.26. The molecule has 0 aliphatic carbocycles. The molecule has 2 aromatic carbocycles. The summed E-state index contributed by atoms with van der Waals surface area (Å²) in [6.45, 7) is 1.95. The molecule has 118 valence electrons. The van der Waals surface area contributed by atoms with Gasteiger partial charge < -0.3 is 5.11 Å². The Morgan fingerprint density at radius 2 is 1.91 bits per heavy atom.